The Kier molecular flexibility index (Phi) is 3.25. The van der Waals surface area contributed by atoms with Crippen LogP contribution in [0.3, 0.4) is 0 Å². The lowest BCUT2D eigenvalue weighted by Gasteiger charge is -2.38. The first-order valence-corrected chi connectivity index (χ1v) is 6.61. The number of hydrogen-bond donors (Lipinski definition) is 1. The molecule has 0 bridgehead atoms. The van der Waals surface area contributed by atoms with E-state index in [0.29, 0.717) is 12.8 Å². The van der Waals surface area contributed by atoms with E-state index in [4.69, 9.17) is 5.73 Å². The molecule has 0 spiro atoms. The first kappa shape index (κ1) is 12.9. The Labute approximate surface area is 103 Å². The molecule has 0 radical (unpaired) electrons. The topological polar surface area (TPSA) is 26.0 Å². The van der Waals surface area contributed by atoms with E-state index in [1.165, 1.54) is 0 Å². The minimum absolute atomic E-state index is 0.148. The number of rotatable bonds is 1. The van der Waals surface area contributed by atoms with Crippen LogP contribution in [0.25, 0.3) is 0 Å². The van der Waals surface area contributed by atoms with Crippen LogP contribution in [0.4, 0.5) is 13.2 Å². The summed E-state index contributed by atoms with van der Waals surface area (Å²) in [5.74, 6) is -1.17. The maximum Gasteiger partial charge on any atom is 0.391 e. The molecule has 0 aromatic carbocycles. The van der Waals surface area contributed by atoms with Gasteiger partial charge in [0.1, 0.15) is 0 Å². The summed E-state index contributed by atoms with van der Waals surface area (Å²) in [6, 6.07) is 1.95. The molecular formula is C12H16F3NS. The summed E-state index contributed by atoms with van der Waals surface area (Å²) < 4.78 is 37.7. The average Bonchev–Trinajstić information content (AvgIpc) is 2.64. The molecule has 17 heavy (non-hydrogen) atoms. The number of halogens is 3. The fourth-order valence-corrected chi connectivity index (χ4v) is 3.44. The molecule has 1 aliphatic rings. The van der Waals surface area contributed by atoms with E-state index in [0.717, 1.165) is 10.4 Å². The van der Waals surface area contributed by atoms with Crippen LogP contribution < -0.4 is 5.73 Å². The van der Waals surface area contributed by atoms with Crippen LogP contribution in [0.2, 0.25) is 0 Å². The van der Waals surface area contributed by atoms with Crippen molar-refractivity contribution in [3.05, 3.63) is 21.9 Å². The van der Waals surface area contributed by atoms with Crippen LogP contribution in [0.15, 0.2) is 11.4 Å². The zero-order valence-electron chi connectivity index (χ0n) is 9.68. The summed E-state index contributed by atoms with van der Waals surface area (Å²) in [5.41, 5.74) is 6.75. The van der Waals surface area contributed by atoms with E-state index < -0.39 is 17.6 Å². The molecule has 2 rings (SSSR count). The zero-order chi connectivity index (χ0) is 12.7. The quantitative estimate of drug-likeness (QED) is 0.815. The molecule has 1 fully saturated rings. The van der Waals surface area contributed by atoms with Crippen LogP contribution >= 0.6 is 11.3 Å². The normalized spacial score (nSPS) is 30.5. The molecule has 1 aliphatic carbocycles. The molecule has 1 heterocycles. The van der Waals surface area contributed by atoms with E-state index in [-0.39, 0.29) is 12.8 Å². The van der Waals surface area contributed by atoms with Gasteiger partial charge in [-0.25, -0.2) is 0 Å². The molecular weight excluding hydrogens is 247 g/mol. The standard InChI is InChI=1S/C12H16F3NS/c1-8-10(4-7-17-8)11(16)5-2-9(3-6-11)12(13,14)15/h4,7,9H,2-3,5-6,16H2,1H3. The lowest BCUT2D eigenvalue weighted by Crippen LogP contribution is -2.43. The van der Waals surface area contributed by atoms with Gasteiger partial charge in [-0.3, -0.25) is 0 Å². The lowest BCUT2D eigenvalue weighted by atomic mass is 9.73. The molecule has 5 heteroatoms. The molecule has 2 N–H and O–H groups in total. The number of nitrogens with two attached hydrogens (primary N) is 1. The Hall–Kier alpha value is -0.550. The van der Waals surface area contributed by atoms with Crippen molar-refractivity contribution in [1.29, 1.82) is 0 Å². The highest BCUT2D eigenvalue weighted by atomic mass is 32.1. The van der Waals surface area contributed by atoms with Crippen molar-refractivity contribution in [2.24, 2.45) is 11.7 Å². The van der Waals surface area contributed by atoms with Crippen LogP contribution in [0.1, 0.15) is 36.1 Å². The molecule has 96 valence electrons. The van der Waals surface area contributed by atoms with Gasteiger partial charge < -0.3 is 5.73 Å². The largest absolute Gasteiger partial charge is 0.391 e. The molecule has 1 nitrogen and oxygen atoms in total. The van der Waals surface area contributed by atoms with Crippen molar-refractivity contribution in [3.8, 4) is 0 Å². The predicted octanol–water partition coefficient (Wildman–Crippen LogP) is 3.96. The third-order valence-corrected chi connectivity index (χ3v) is 4.58. The van der Waals surface area contributed by atoms with Crippen molar-refractivity contribution in [2.45, 2.75) is 44.3 Å². The fraction of sp³-hybridized carbons (Fsp3) is 0.667. The maximum absolute atomic E-state index is 12.6. The second-order valence-electron chi connectivity index (χ2n) is 4.86. The second-order valence-corrected chi connectivity index (χ2v) is 5.98. The monoisotopic (exact) mass is 263 g/mol. The van der Waals surface area contributed by atoms with E-state index in [9.17, 15) is 13.2 Å². The fourth-order valence-electron chi connectivity index (χ4n) is 2.63. The molecule has 0 aliphatic heterocycles. The average molecular weight is 263 g/mol. The Balaban J connectivity index is 2.11. The van der Waals surface area contributed by atoms with Crippen LogP contribution in [0.5, 0.6) is 0 Å². The van der Waals surface area contributed by atoms with Gasteiger partial charge in [0.25, 0.3) is 0 Å². The summed E-state index contributed by atoms with van der Waals surface area (Å²) in [7, 11) is 0. The van der Waals surface area contributed by atoms with Gasteiger partial charge in [0, 0.05) is 10.4 Å². The van der Waals surface area contributed by atoms with Gasteiger partial charge >= 0.3 is 6.18 Å². The third-order valence-electron chi connectivity index (χ3n) is 3.74. The second kappa shape index (κ2) is 4.28. The zero-order valence-corrected chi connectivity index (χ0v) is 10.5. The first-order valence-electron chi connectivity index (χ1n) is 5.73. The first-order chi connectivity index (χ1) is 7.83. The summed E-state index contributed by atoms with van der Waals surface area (Å²) >= 11 is 1.60. The molecule has 1 saturated carbocycles. The van der Waals surface area contributed by atoms with Gasteiger partial charge in [0.2, 0.25) is 0 Å². The minimum Gasteiger partial charge on any atom is -0.321 e. The SMILES string of the molecule is Cc1sccc1C1(N)CCC(C(F)(F)F)CC1. The predicted molar refractivity (Wildman–Crippen MR) is 62.9 cm³/mol. The highest BCUT2D eigenvalue weighted by molar-refractivity contribution is 7.10. The van der Waals surface area contributed by atoms with E-state index >= 15 is 0 Å². The molecule has 0 amide bonds. The van der Waals surface area contributed by atoms with E-state index in [2.05, 4.69) is 0 Å². The lowest BCUT2D eigenvalue weighted by molar-refractivity contribution is -0.184. The van der Waals surface area contributed by atoms with Crippen molar-refractivity contribution < 1.29 is 13.2 Å². The van der Waals surface area contributed by atoms with Gasteiger partial charge in [-0.1, -0.05) is 0 Å². The molecule has 1 aromatic heterocycles. The Bertz CT molecular complexity index is 389. The minimum atomic E-state index is -4.06. The number of thiophene rings is 1. The summed E-state index contributed by atoms with van der Waals surface area (Å²) in [6.07, 6.45) is -2.92. The smallest absolute Gasteiger partial charge is 0.321 e. The summed E-state index contributed by atoms with van der Waals surface area (Å²) in [6.45, 7) is 1.98. The highest BCUT2D eigenvalue weighted by Crippen LogP contribution is 2.45. The third kappa shape index (κ3) is 2.50. The van der Waals surface area contributed by atoms with E-state index in [1.807, 2.05) is 18.4 Å². The maximum atomic E-state index is 12.6. The number of hydrogen-bond acceptors (Lipinski definition) is 2. The number of aryl methyl sites for hydroxylation is 1. The number of alkyl halides is 3. The van der Waals surface area contributed by atoms with Crippen molar-refractivity contribution in [2.75, 3.05) is 0 Å². The Morgan fingerprint density at radius 2 is 1.94 bits per heavy atom. The molecule has 1 aromatic rings. The van der Waals surface area contributed by atoms with Crippen LogP contribution in [0, 0.1) is 12.8 Å². The van der Waals surface area contributed by atoms with Crippen molar-refractivity contribution >= 4 is 11.3 Å². The summed E-state index contributed by atoms with van der Waals surface area (Å²) in [5, 5.41) is 1.95. The van der Waals surface area contributed by atoms with Crippen LogP contribution in [-0.4, -0.2) is 6.18 Å². The highest BCUT2D eigenvalue weighted by Gasteiger charge is 2.45. The van der Waals surface area contributed by atoms with Gasteiger partial charge in [-0.05, 0) is 49.6 Å². The van der Waals surface area contributed by atoms with Gasteiger partial charge in [-0.15, -0.1) is 11.3 Å². The van der Waals surface area contributed by atoms with Gasteiger partial charge in [0.15, 0.2) is 0 Å². The van der Waals surface area contributed by atoms with Gasteiger partial charge in [0.05, 0.1) is 5.92 Å². The Morgan fingerprint density at radius 3 is 2.35 bits per heavy atom. The molecule has 0 unspecified atom stereocenters. The molecule has 0 saturated heterocycles. The Morgan fingerprint density at radius 1 is 1.35 bits per heavy atom. The van der Waals surface area contributed by atoms with Crippen molar-refractivity contribution in [1.82, 2.24) is 0 Å². The van der Waals surface area contributed by atoms with Crippen LogP contribution in [-0.2, 0) is 5.54 Å². The van der Waals surface area contributed by atoms with E-state index in [1.54, 1.807) is 11.3 Å². The van der Waals surface area contributed by atoms with Crippen molar-refractivity contribution in [3.63, 3.8) is 0 Å². The summed E-state index contributed by atoms with van der Waals surface area (Å²) in [4.78, 5) is 1.12. The van der Waals surface area contributed by atoms with Gasteiger partial charge in [-0.2, -0.15) is 13.2 Å². The molecule has 0 atom stereocenters.